The smallest absolute Gasteiger partial charge is 0.243 e. The van der Waals surface area contributed by atoms with Crippen LogP contribution >= 0.6 is 0 Å². The second kappa shape index (κ2) is 33.9. The largest absolute Gasteiger partial charge is 0.370 e. The molecular formula is C49H75N17O10. The van der Waals surface area contributed by atoms with E-state index in [9.17, 15) is 47.9 Å². The molecule has 1 saturated heterocycles. The van der Waals surface area contributed by atoms with Crippen LogP contribution in [-0.4, -0.2) is 138 Å². The molecule has 1 aliphatic rings. The third-order valence-electron chi connectivity index (χ3n) is 11.0. The summed E-state index contributed by atoms with van der Waals surface area (Å²) in [6.45, 7) is 6.79. The molecule has 3 aromatic rings. The summed E-state index contributed by atoms with van der Waals surface area (Å²) in [5.41, 5.74) is 34.8. The predicted octanol–water partition coefficient (Wildman–Crippen LogP) is -3.46. The van der Waals surface area contributed by atoms with E-state index in [-0.39, 0.29) is 70.0 Å². The number of nitrogens with one attached hydrogen (secondary N) is 9. The number of carbonyl (C=O) groups is 10. The van der Waals surface area contributed by atoms with Gasteiger partial charge in [-0.1, -0.05) is 55.5 Å². The summed E-state index contributed by atoms with van der Waals surface area (Å²) in [7, 11) is 0. The number of aliphatic imine (C=N–C) groups is 2. The van der Waals surface area contributed by atoms with Crippen molar-refractivity contribution < 1.29 is 47.9 Å². The van der Waals surface area contributed by atoms with Crippen LogP contribution in [-0.2, 0) is 54.4 Å². The van der Waals surface area contributed by atoms with Gasteiger partial charge < -0.3 is 81.9 Å². The lowest BCUT2D eigenvalue weighted by Gasteiger charge is -2.26. The van der Waals surface area contributed by atoms with Crippen LogP contribution in [0.2, 0.25) is 0 Å². The van der Waals surface area contributed by atoms with Gasteiger partial charge in [0.2, 0.25) is 59.1 Å². The molecule has 10 amide bonds. The highest BCUT2D eigenvalue weighted by Crippen LogP contribution is 2.15. The van der Waals surface area contributed by atoms with Crippen LogP contribution in [0.25, 0.3) is 10.9 Å². The van der Waals surface area contributed by atoms with Crippen molar-refractivity contribution in [2.75, 3.05) is 26.2 Å². The monoisotopic (exact) mass is 1060 g/mol. The normalized spacial score (nSPS) is 19.4. The summed E-state index contributed by atoms with van der Waals surface area (Å²) in [4.78, 5) is 140. The van der Waals surface area contributed by atoms with Gasteiger partial charge in [0.15, 0.2) is 11.9 Å². The van der Waals surface area contributed by atoms with Gasteiger partial charge in [-0.05, 0) is 69.6 Å². The summed E-state index contributed by atoms with van der Waals surface area (Å²) in [6, 6.07) is 8.64. The molecule has 76 heavy (non-hydrogen) atoms. The first-order valence-corrected chi connectivity index (χ1v) is 24.6. The van der Waals surface area contributed by atoms with E-state index in [0.29, 0.717) is 5.56 Å². The van der Waals surface area contributed by atoms with Crippen LogP contribution in [0.15, 0.2) is 70.8 Å². The minimum Gasteiger partial charge on any atom is -0.370 e. The molecule has 0 bridgehead atoms. The molecule has 1 aliphatic heterocycles. The van der Waals surface area contributed by atoms with Crippen molar-refractivity contribution in [1.29, 1.82) is 0 Å². The van der Waals surface area contributed by atoms with Gasteiger partial charge in [0.05, 0.1) is 13.0 Å². The molecule has 27 nitrogen and oxygen atoms in total. The molecule has 0 aliphatic carbocycles. The average Bonchev–Trinajstić information content (AvgIpc) is 3.74. The maximum absolute atomic E-state index is 13.9. The number of rotatable bonds is 14. The van der Waals surface area contributed by atoms with E-state index in [1.807, 2.05) is 19.2 Å². The number of para-hydroxylation sites is 1. The van der Waals surface area contributed by atoms with Crippen LogP contribution < -0.4 is 76.9 Å². The molecule has 1 fully saturated rings. The van der Waals surface area contributed by atoms with Crippen molar-refractivity contribution >= 4 is 81.9 Å². The second-order valence-corrected chi connectivity index (χ2v) is 17.6. The Bertz CT molecular complexity index is 2490. The zero-order valence-corrected chi connectivity index (χ0v) is 43.4. The Hall–Kier alpha value is -8.78. The van der Waals surface area contributed by atoms with Crippen molar-refractivity contribution in [1.82, 2.24) is 47.5 Å². The Morgan fingerprint density at radius 3 is 1.99 bits per heavy atom. The number of benzene rings is 2. The zero-order valence-electron chi connectivity index (χ0n) is 43.4. The maximum atomic E-state index is 13.9. The molecule has 0 saturated carbocycles. The van der Waals surface area contributed by atoms with Crippen LogP contribution in [0.1, 0.15) is 83.3 Å². The van der Waals surface area contributed by atoms with Crippen LogP contribution in [0.5, 0.6) is 0 Å². The number of nitrogens with two attached hydrogens (primary N) is 6. The van der Waals surface area contributed by atoms with Gasteiger partial charge in [0.1, 0.15) is 36.3 Å². The van der Waals surface area contributed by atoms with E-state index in [2.05, 4.69) is 82.6 Å². The van der Waals surface area contributed by atoms with E-state index < -0.39 is 108 Å². The van der Waals surface area contributed by atoms with Crippen LogP contribution in [0, 0.1) is 6.92 Å². The molecule has 0 spiro atoms. The van der Waals surface area contributed by atoms with Gasteiger partial charge in [-0.25, -0.2) is 0 Å². The number of carbonyl (C=O) groups excluding carboxylic acids is 10. The predicted molar refractivity (Wildman–Crippen MR) is 284 cm³/mol. The number of hydrogen-bond donors (Lipinski definition) is 15. The lowest BCUT2D eigenvalue weighted by atomic mass is 10.0. The van der Waals surface area contributed by atoms with Gasteiger partial charge in [-0.3, -0.25) is 57.9 Å². The Morgan fingerprint density at radius 2 is 1.38 bits per heavy atom. The summed E-state index contributed by atoms with van der Waals surface area (Å²) in [6.07, 6.45) is 1.92. The molecule has 6 atom stereocenters. The lowest BCUT2D eigenvalue weighted by Crippen LogP contribution is -2.59. The number of fused-ring (bicyclic) bond motifs is 1. The number of aromatic amines is 1. The number of primary amides is 2. The Balaban J connectivity index is 0.000000971. The van der Waals surface area contributed by atoms with Crippen molar-refractivity contribution in [3.63, 3.8) is 0 Å². The minimum atomic E-state index is -1.67. The summed E-state index contributed by atoms with van der Waals surface area (Å²) < 4.78 is 0. The highest BCUT2D eigenvalue weighted by atomic mass is 16.2. The number of amides is 10. The first-order chi connectivity index (χ1) is 36.0. The molecule has 0 radical (unpaired) electrons. The molecule has 416 valence electrons. The van der Waals surface area contributed by atoms with E-state index in [1.54, 1.807) is 30.3 Å². The summed E-state index contributed by atoms with van der Waals surface area (Å²) in [5, 5.41) is 21.0. The van der Waals surface area contributed by atoms with E-state index in [0.717, 1.165) is 13.0 Å². The van der Waals surface area contributed by atoms with Gasteiger partial charge in [-0.15, -0.1) is 0 Å². The van der Waals surface area contributed by atoms with Crippen molar-refractivity contribution in [2.45, 2.75) is 122 Å². The van der Waals surface area contributed by atoms with E-state index in [4.69, 9.17) is 34.4 Å². The third-order valence-corrected chi connectivity index (χ3v) is 11.0. The standard InChI is InChI=1S/C36H55N13O10.C9H9N.C4H11N3/c1-19-31(55)46-22(30(38)54)12-13-28(52)41-14-6-11-24(47-33(57)23(45-20(2)50)10-7-15-42-36(39)40)34(58)49-26(17-27(37)51)35(59)48-25(16-21-8-4-3-5-9-21)32(56)43-18-29(53)44-19;1-7-6-10-9-5-3-2-4-8(7)9;1-2-3-7-4(5)6/h3-5,8-9,19,22-26H,6-7,10-18H2,1-2H3,(H2,37,51)(H2,38,54)(H,41,52)(H,43,56)(H,44,53)(H,45,50)(H,46,55)(H,47,57)(H,48,59)(H,49,58)(H4,39,40,42);2-6,10H,1H3;2-3H2,1H3,(H4,5,6,7)/t19-,22?,23?,24?,25?,26-;;/m0../s1. The fourth-order valence-corrected chi connectivity index (χ4v) is 7.16. The molecule has 4 rings (SSSR count). The Morgan fingerprint density at radius 1 is 0.737 bits per heavy atom. The number of hydrogen-bond acceptors (Lipinski definition) is 12. The highest BCUT2D eigenvalue weighted by Gasteiger charge is 2.33. The molecule has 21 N–H and O–H groups in total. The van der Waals surface area contributed by atoms with E-state index >= 15 is 0 Å². The van der Waals surface area contributed by atoms with Gasteiger partial charge in [-0.2, -0.15) is 0 Å². The van der Waals surface area contributed by atoms with Crippen LogP contribution in [0.4, 0.5) is 0 Å². The maximum Gasteiger partial charge on any atom is 0.243 e. The first-order valence-electron chi connectivity index (χ1n) is 24.6. The summed E-state index contributed by atoms with van der Waals surface area (Å²) in [5.74, 6) is -8.29. The fourth-order valence-electron chi connectivity index (χ4n) is 7.16. The zero-order chi connectivity index (χ0) is 56.7. The highest BCUT2D eigenvalue weighted by molar-refractivity contribution is 5.98. The Labute approximate surface area is 440 Å². The van der Waals surface area contributed by atoms with Crippen molar-refractivity contribution in [3.8, 4) is 0 Å². The molecule has 2 aromatic carbocycles. The second-order valence-electron chi connectivity index (χ2n) is 17.6. The lowest BCUT2D eigenvalue weighted by molar-refractivity contribution is -0.135. The molecule has 2 heterocycles. The SMILES string of the molecule is CC(=O)NC(CCCN=C(N)N)C(=O)NC1CCCNC(=O)CCC(C(N)=O)NC(=O)[C@H](C)NC(=O)CNC(=O)C(Cc2ccccc2)NC(=O)[C@H](CC(N)=O)NC1=O.CCCN=C(N)N.Cc1c[nH]c2ccccc12. The van der Waals surface area contributed by atoms with Crippen LogP contribution in [0.3, 0.4) is 0 Å². The number of H-pyrrole nitrogens is 1. The molecular weight excluding hydrogens is 987 g/mol. The summed E-state index contributed by atoms with van der Waals surface area (Å²) >= 11 is 0. The molecule has 27 heteroatoms. The first kappa shape index (κ1) is 63.3. The Kier molecular flexibility index (Phi) is 28.2. The average molecular weight is 1060 g/mol. The number of aromatic nitrogens is 1. The van der Waals surface area contributed by atoms with Gasteiger partial charge in [0.25, 0.3) is 0 Å². The quantitative estimate of drug-likeness (QED) is 0.0424. The van der Waals surface area contributed by atoms with Crippen molar-refractivity contribution in [2.24, 2.45) is 44.4 Å². The number of aryl methyl sites for hydroxylation is 1. The van der Waals surface area contributed by atoms with Crippen molar-refractivity contribution in [3.05, 3.63) is 71.9 Å². The topological polar surface area (TPSA) is 464 Å². The number of guanidine groups is 2. The minimum absolute atomic E-state index is 0.0513. The fraction of sp³-hybridized carbons (Fsp3) is 0.469. The van der Waals surface area contributed by atoms with Gasteiger partial charge >= 0.3 is 0 Å². The van der Waals surface area contributed by atoms with Gasteiger partial charge in [0, 0.05) is 56.5 Å². The molecule has 4 unspecified atom stereocenters. The third kappa shape index (κ3) is 25.2. The van der Waals surface area contributed by atoms with E-state index in [1.165, 1.54) is 30.3 Å². The molecule has 1 aromatic heterocycles. The number of nitrogens with zero attached hydrogens (tertiary/aromatic N) is 2.